The summed E-state index contributed by atoms with van der Waals surface area (Å²) in [5, 5.41) is 0. The van der Waals surface area contributed by atoms with Gasteiger partial charge in [-0.05, 0) is 55.3 Å². The quantitative estimate of drug-likeness (QED) is 0.708. The maximum atomic E-state index is 4.56. The number of benzene rings is 1. The molecule has 1 heterocycles. The third-order valence-corrected chi connectivity index (χ3v) is 3.05. The molecule has 0 aliphatic heterocycles. The van der Waals surface area contributed by atoms with E-state index in [0.717, 1.165) is 10.3 Å². The molecular weight excluding hydrogens is 252 g/mol. The second-order valence-electron chi connectivity index (χ2n) is 4.83. The minimum atomic E-state index is 0.0430. The second-order valence-corrected chi connectivity index (χ2v) is 5.54. The predicted molar refractivity (Wildman–Crippen MR) is 67.2 cm³/mol. The van der Waals surface area contributed by atoms with Gasteiger partial charge in [0.15, 0.2) is 4.73 Å². The van der Waals surface area contributed by atoms with Crippen molar-refractivity contribution in [3.05, 3.63) is 28.5 Å². The average Bonchev–Trinajstić information content (AvgIpc) is 2.41. The van der Waals surface area contributed by atoms with Crippen molar-refractivity contribution in [3.63, 3.8) is 0 Å². The lowest BCUT2D eigenvalue weighted by molar-refractivity contribution is 0.401. The van der Waals surface area contributed by atoms with Crippen molar-refractivity contribution in [2.75, 3.05) is 0 Å². The topological polar surface area (TPSA) is 17.8 Å². The summed E-state index contributed by atoms with van der Waals surface area (Å²) in [5.41, 5.74) is 3.53. The van der Waals surface area contributed by atoms with Gasteiger partial charge in [-0.15, -0.1) is 0 Å². The monoisotopic (exact) mass is 266 g/mol. The number of aryl methyl sites for hydroxylation is 1. The molecule has 1 aromatic heterocycles. The molecule has 0 aliphatic rings. The van der Waals surface area contributed by atoms with E-state index < -0.39 is 0 Å². The van der Waals surface area contributed by atoms with Crippen molar-refractivity contribution in [1.29, 1.82) is 0 Å². The Hall–Kier alpha value is -0.830. The van der Waals surface area contributed by atoms with E-state index in [-0.39, 0.29) is 5.54 Å². The van der Waals surface area contributed by atoms with Gasteiger partial charge in [-0.25, -0.2) is 4.98 Å². The Labute approximate surface area is 98.4 Å². The van der Waals surface area contributed by atoms with Crippen molar-refractivity contribution in [1.82, 2.24) is 9.55 Å². The number of nitrogens with zero attached hydrogens (tertiary/aromatic N) is 2. The Morgan fingerprint density at radius 2 is 1.93 bits per heavy atom. The van der Waals surface area contributed by atoms with E-state index in [2.05, 4.69) is 71.4 Å². The van der Waals surface area contributed by atoms with Crippen LogP contribution in [0.4, 0.5) is 0 Å². The van der Waals surface area contributed by atoms with Gasteiger partial charge in [0.1, 0.15) is 0 Å². The van der Waals surface area contributed by atoms with Gasteiger partial charge in [0.25, 0.3) is 0 Å². The molecule has 2 nitrogen and oxygen atoms in total. The highest BCUT2D eigenvalue weighted by Crippen LogP contribution is 2.29. The van der Waals surface area contributed by atoms with E-state index in [9.17, 15) is 0 Å². The Morgan fingerprint density at radius 3 is 2.53 bits per heavy atom. The highest BCUT2D eigenvalue weighted by atomic mass is 79.9. The molecule has 0 fully saturated rings. The van der Waals surface area contributed by atoms with Gasteiger partial charge in [0.2, 0.25) is 0 Å². The maximum Gasteiger partial charge on any atom is 0.178 e. The number of fused-ring (bicyclic) bond motifs is 1. The maximum absolute atomic E-state index is 4.56. The van der Waals surface area contributed by atoms with Crippen LogP contribution < -0.4 is 0 Å². The van der Waals surface area contributed by atoms with Crippen LogP contribution in [0.3, 0.4) is 0 Å². The van der Waals surface area contributed by atoms with Crippen LogP contribution in [-0.2, 0) is 5.54 Å². The third kappa shape index (κ3) is 1.69. The number of rotatable bonds is 0. The van der Waals surface area contributed by atoms with Crippen LogP contribution in [0.15, 0.2) is 22.9 Å². The summed E-state index contributed by atoms with van der Waals surface area (Å²) in [7, 11) is 0. The molecule has 2 rings (SSSR count). The molecule has 0 amide bonds. The Bertz CT molecular complexity index is 506. The van der Waals surface area contributed by atoms with E-state index in [1.165, 1.54) is 11.1 Å². The highest BCUT2D eigenvalue weighted by molar-refractivity contribution is 9.10. The molecule has 0 atom stereocenters. The lowest BCUT2D eigenvalue weighted by atomic mass is 10.1. The standard InChI is InChI=1S/C12H15BrN2/c1-8-6-5-7-9-10(8)14-11(13)15(9)12(2,3)4/h5-7H,1-4H3. The van der Waals surface area contributed by atoms with Crippen LogP contribution in [0.2, 0.25) is 0 Å². The van der Waals surface area contributed by atoms with Crippen molar-refractivity contribution in [2.45, 2.75) is 33.2 Å². The van der Waals surface area contributed by atoms with E-state index >= 15 is 0 Å². The lowest BCUT2D eigenvalue weighted by Gasteiger charge is -2.22. The summed E-state index contributed by atoms with van der Waals surface area (Å²) in [6, 6.07) is 6.29. The molecule has 3 heteroatoms. The molecule has 80 valence electrons. The molecule has 0 bridgehead atoms. The summed E-state index contributed by atoms with van der Waals surface area (Å²) < 4.78 is 3.12. The molecule has 0 radical (unpaired) electrons. The first-order chi connectivity index (χ1) is 6.91. The normalized spacial score (nSPS) is 12.3. The fourth-order valence-electron chi connectivity index (χ4n) is 1.85. The van der Waals surface area contributed by atoms with Crippen LogP contribution in [0, 0.1) is 6.92 Å². The number of hydrogen-bond donors (Lipinski definition) is 0. The van der Waals surface area contributed by atoms with E-state index in [1.807, 2.05) is 0 Å². The minimum absolute atomic E-state index is 0.0430. The molecular formula is C12H15BrN2. The Kier molecular flexibility index (Phi) is 2.38. The number of para-hydroxylation sites is 1. The van der Waals surface area contributed by atoms with E-state index in [4.69, 9.17) is 0 Å². The molecule has 0 unspecified atom stereocenters. The summed E-state index contributed by atoms with van der Waals surface area (Å²) >= 11 is 3.53. The molecule has 1 aromatic carbocycles. The fourth-order valence-corrected chi connectivity index (χ4v) is 2.75. The van der Waals surface area contributed by atoms with Gasteiger partial charge in [-0.1, -0.05) is 12.1 Å². The summed E-state index contributed by atoms with van der Waals surface area (Å²) in [5.74, 6) is 0. The van der Waals surface area contributed by atoms with Gasteiger partial charge in [-0.2, -0.15) is 0 Å². The second kappa shape index (κ2) is 3.34. The Balaban J connectivity index is 2.86. The van der Waals surface area contributed by atoms with Crippen LogP contribution in [0.5, 0.6) is 0 Å². The van der Waals surface area contributed by atoms with E-state index in [0.29, 0.717) is 0 Å². The van der Waals surface area contributed by atoms with Crippen molar-refractivity contribution in [2.24, 2.45) is 0 Å². The fraction of sp³-hybridized carbons (Fsp3) is 0.417. The molecule has 0 aliphatic carbocycles. The minimum Gasteiger partial charge on any atom is -0.313 e. The SMILES string of the molecule is Cc1cccc2c1nc(Br)n2C(C)(C)C. The zero-order chi connectivity index (χ0) is 11.2. The van der Waals surface area contributed by atoms with Crippen LogP contribution in [0.25, 0.3) is 11.0 Å². The first-order valence-electron chi connectivity index (χ1n) is 5.05. The zero-order valence-electron chi connectivity index (χ0n) is 9.50. The van der Waals surface area contributed by atoms with Crippen molar-refractivity contribution in [3.8, 4) is 0 Å². The summed E-state index contributed by atoms with van der Waals surface area (Å²) in [6.45, 7) is 8.64. The van der Waals surface area contributed by atoms with Gasteiger partial charge in [-0.3, -0.25) is 0 Å². The average molecular weight is 267 g/mol. The number of imidazole rings is 1. The van der Waals surface area contributed by atoms with Gasteiger partial charge in [0.05, 0.1) is 11.0 Å². The van der Waals surface area contributed by atoms with Gasteiger partial charge in [0, 0.05) is 5.54 Å². The molecule has 2 aromatic rings. The van der Waals surface area contributed by atoms with Crippen molar-refractivity contribution < 1.29 is 0 Å². The number of halogens is 1. The van der Waals surface area contributed by atoms with Crippen LogP contribution >= 0.6 is 15.9 Å². The number of aromatic nitrogens is 2. The lowest BCUT2D eigenvalue weighted by Crippen LogP contribution is -2.21. The summed E-state index contributed by atoms with van der Waals surface area (Å²) in [4.78, 5) is 4.56. The number of hydrogen-bond acceptors (Lipinski definition) is 1. The van der Waals surface area contributed by atoms with Crippen LogP contribution in [-0.4, -0.2) is 9.55 Å². The molecule has 0 saturated carbocycles. The molecule has 0 N–H and O–H groups in total. The molecule has 0 spiro atoms. The molecule has 15 heavy (non-hydrogen) atoms. The first kappa shape index (κ1) is 10.7. The predicted octanol–water partition coefficient (Wildman–Crippen LogP) is 3.86. The molecule has 0 saturated heterocycles. The first-order valence-corrected chi connectivity index (χ1v) is 5.84. The highest BCUT2D eigenvalue weighted by Gasteiger charge is 2.20. The zero-order valence-corrected chi connectivity index (χ0v) is 11.1. The summed E-state index contributed by atoms with van der Waals surface area (Å²) in [6.07, 6.45) is 0. The van der Waals surface area contributed by atoms with Gasteiger partial charge < -0.3 is 4.57 Å². The Morgan fingerprint density at radius 1 is 1.27 bits per heavy atom. The third-order valence-electron chi connectivity index (χ3n) is 2.52. The van der Waals surface area contributed by atoms with E-state index in [1.54, 1.807) is 0 Å². The van der Waals surface area contributed by atoms with Gasteiger partial charge >= 0.3 is 0 Å². The largest absolute Gasteiger partial charge is 0.313 e. The van der Waals surface area contributed by atoms with Crippen molar-refractivity contribution >= 4 is 27.0 Å². The van der Waals surface area contributed by atoms with Crippen LogP contribution in [0.1, 0.15) is 26.3 Å². The smallest absolute Gasteiger partial charge is 0.178 e.